The molecule has 2 rings (SSSR count). The molecule has 7 nitrogen and oxygen atoms in total. The molecule has 1 aromatic carbocycles. The van der Waals surface area contributed by atoms with E-state index in [9.17, 15) is 14.4 Å². The number of hydrogen-bond donors (Lipinski definition) is 1. The van der Waals surface area contributed by atoms with Crippen LogP contribution in [0.15, 0.2) is 18.2 Å². The molecule has 0 bridgehead atoms. The van der Waals surface area contributed by atoms with Crippen molar-refractivity contribution in [2.24, 2.45) is 0 Å². The van der Waals surface area contributed by atoms with Crippen molar-refractivity contribution in [2.75, 3.05) is 31.6 Å². The number of aliphatic carboxylic acids is 1. The summed E-state index contributed by atoms with van der Waals surface area (Å²) >= 11 is 0. The van der Waals surface area contributed by atoms with Crippen LogP contribution in [0, 0.1) is 6.92 Å². The Morgan fingerprint density at radius 2 is 2.14 bits per heavy atom. The fourth-order valence-electron chi connectivity index (χ4n) is 2.25. The third-order valence-electron chi connectivity index (χ3n) is 3.40. The number of nitrogens with zero attached hydrogens (tertiary/aromatic N) is 2. The second kappa shape index (κ2) is 6.46. The van der Waals surface area contributed by atoms with Crippen LogP contribution in [0.25, 0.3) is 0 Å². The Morgan fingerprint density at radius 3 is 2.82 bits per heavy atom. The number of likely N-dealkylation sites (N-methyl/N-ethyl adjacent to an activating group) is 1. The van der Waals surface area contributed by atoms with Crippen molar-refractivity contribution in [1.82, 2.24) is 4.90 Å². The van der Waals surface area contributed by atoms with Crippen molar-refractivity contribution in [1.29, 1.82) is 0 Å². The first kappa shape index (κ1) is 15.8. The minimum atomic E-state index is -1.07. The molecule has 0 saturated carbocycles. The summed E-state index contributed by atoms with van der Waals surface area (Å²) in [6, 6.07) is 5.51. The average molecular weight is 306 g/mol. The Bertz CT molecular complexity index is 614. The van der Waals surface area contributed by atoms with Crippen LogP contribution < -0.4 is 9.64 Å². The largest absolute Gasteiger partial charge is 0.482 e. The van der Waals surface area contributed by atoms with Crippen LogP contribution >= 0.6 is 0 Å². The molecule has 0 aromatic heterocycles. The molecule has 1 aromatic rings. The normalized spacial score (nSPS) is 13.4. The Labute approximate surface area is 128 Å². The molecule has 0 aliphatic carbocycles. The molecule has 0 spiro atoms. The number of hydrogen-bond acceptors (Lipinski definition) is 4. The van der Waals surface area contributed by atoms with Crippen LogP contribution in [0.2, 0.25) is 0 Å². The van der Waals surface area contributed by atoms with Gasteiger partial charge in [-0.2, -0.15) is 0 Å². The third-order valence-corrected chi connectivity index (χ3v) is 3.40. The molecule has 0 unspecified atom stereocenters. The molecule has 22 heavy (non-hydrogen) atoms. The fourth-order valence-corrected chi connectivity index (χ4v) is 2.25. The lowest BCUT2D eigenvalue weighted by Crippen LogP contribution is -2.41. The van der Waals surface area contributed by atoms with Gasteiger partial charge >= 0.3 is 5.97 Å². The number of carboxylic acid groups (broad SMARTS) is 1. The summed E-state index contributed by atoms with van der Waals surface area (Å²) in [6.45, 7) is 1.69. The third kappa shape index (κ3) is 3.55. The minimum Gasteiger partial charge on any atom is -0.482 e. The van der Waals surface area contributed by atoms with Gasteiger partial charge < -0.3 is 19.6 Å². The van der Waals surface area contributed by atoms with Gasteiger partial charge in [-0.15, -0.1) is 0 Å². The number of amides is 2. The molecule has 1 aliphatic rings. The lowest BCUT2D eigenvalue weighted by atomic mass is 10.1. The molecular weight excluding hydrogens is 288 g/mol. The second-order valence-corrected chi connectivity index (χ2v) is 5.20. The van der Waals surface area contributed by atoms with Gasteiger partial charge in [0, 0.05) is 20.0 Å². The number of carboxylic acids is 1. The van der Waals surface area contributed by atoms with Crippen LogP contribution in [0.5, 0.6) is 5.75 Å². The van der Waals surface area contributed by atoms with E-state index in [1.165, 1.54) is 11.9 Å². The highest BCUT2D eigenvalue weighted by molar-refractivity contribution is 5.98. The number of fused-ring (bicyclic) bond motifs is 1. The van der Waals surface area contributed by atoms with Gasteiger partial charge in [-0.1, -0.05) is 6.07 Å². The Hall–Kier alpha value is -2.57. The molecule has 118 valence electrons. The van der Waals surface area contributed by atoms with Crippen molar-refractivity contribution < 1.29 is 24.2 Å². The maximum Gasteiger partial charge on any atom is 0.323 e. The Morgan fingerprint density at radius 1 is 1.41 bits per heavy atom. The monoisotopic (exact) mass is 306 g/mol. The quantitative estimate of drug-likeness (QED) is 0.863. The summed E-state index contributed by atoms with van der Waals surface area (Å²) < 4.78 is 5.36. The van der Waals surface area contributed by atoms with Crippen LogP contribution in [-0.4, -0.2) is 54.5 Å². The van der Waals surface area contributed by atoms with Crippen molar-refractivity contribution in [3.05, 3.63) is 23.8 Å². The molecule has 0 fully saturated rings. The first-order valence-electron chi connectivity index (χ1n) is 6.88. The lowest BCUT2D eigenvalue weighted by molar-refractivity contribution is -0.143. The maximum atomic E-state index is 12.0. The van der Waals surface area contributed by atoms with Gasteiger partial charge in [0.2, 0.25) is 5.91 Å². The topological polar surface area (TPSA) is 87.2 Å². The molecule has 7 heteroatoms. The maximum absolute atomic E-state index is 12.0. The summed E-state index contributed by atoms with van der Waals surface area (Å²) in [4.78, 5) is 37.2. The minimum absolute atomic E-state index is 0.0584. The molecule has 1 aliphatic heterocycles. The van der Waals surface area contributed by atoms with Crippen LogP contribution in [0.4, 0.5) is 5.69 Å². The van der Waals surface area contributed by atoms with Crippen LogP contribution in [0.3, 0.4) is 0 Å². The molecule has 0 atom stereocenters. The van der Waals surface area contributed by atoms with Gasteiger partial charge in [-0.25, -0.2) is 0 Å². The highest BCUT2D eigenvalue weighted by Crippen LogP contribution is 2.32. The molecule has 2 amide bonds. The predicted octanol–water partition coefficient (Wildman–Crippen LogP) is 0.654. The Kier molecular flexibility index (Phi) is 4.65. The van der Waals surface area contributed by atoms with Gasteiger partial charge in [0.25, 0.3) is 5.91 Å². The molecular formula is C15H18N2O5. The number of ether oxygens (including phenoxy) is 1. The van der Waals surface area contributed by atoms with Gasteiger partial charge in [0.1, 0.15) is 12.3 Å². The van der Waals surface area contributed by atoms with E-state index in [2.05, 4.69) is 0 Å². The van der Waals surface area contributed by atoms with Crippen LogP contribution in [-0.2, 0) is 14.4 Å². The molecule has 1 heterocycles. The average Bonchev–Trinajstić information content (AvgIpc) is 2.45. The summed E-state index contributed by atoms with van der Waals surface area (Å²) in [5.74, 6) is -1.00. The van der Waals surface area contributed by atoms with E-state index >= 15 is 0 Å². The summed E-state index contributed by atoms with van der Waals surface area (Å²) in [6.07, 6.45) is 0.0584. The SMILES string of the molecule is Cc1ccc2c(c1)N(CCC(=O)N(C)CC(=O)O)C(=O)CO2. The van der Waals surface area contributed by atoms with E-state index in [4.69, 9.17) is 9.84 Å². The van der Waals surface area contributed by atoms with E-state index < -0.39 is 5.97 Å². The zero-order valence-electron chi connectivity index (χ0n) is 12.5. The van der Waals surface area contributed by atoms with Gasteiger partial charge in [-0.3, -0.25) is 14.4 Å². The van der Waals surface area contributed by atoms with Crippen LogP contribution in [0.1, 0.15) is 12.0 Å². The molecule has 0 radical (unpaired) electrons. The van der Waals surface area contributed by atoms with E-state index in [1.807, 2.05) is 19.1 Å². The van der Waals surface area contributed by atoms with Crippen molar-refractivity contribution in [3.8, 4) is 5.75 Å². The summed E-state index contributed by atoms with van der Waals surface area (Å²) in [7, 11) is 1.43. The van der Waals surface area contributed by atoms with Gasteiger partial charge in [0.15, 0.2) is 6.61 Å². The highest BCUT2D eigenvalue weighted by Gasteiger charge is 2.26. The van der Waals surface area contributed by atoms with Crippen molar-refractivity contribution in [2.45, 2.75) is 13.3 Å². The molecule has 0 saturated heterocycles. The van der Waals surface area contributed by atoms with Gasteiger partial charge in [0.05, 0.1) is 5.69 Å². The number of carbonyl (C=O) groups is 3. The zero-order valence-corrected chi connectivity index (χ0v) is 12.5. The second-order valence-electron chi connectivity index (χ2n) is 5.20. The van der Waals surface area contributed by atoms with Crippen molar-refractivity contribution in [3.63, 3.8) is 0 Å². The standard InChI is InChI=1S/C15H18N2O5/c1-10-3-4-12-11(7-10)17(14(19)9-22-12)6-5-13(18)16(2)8-15(20)21/h3-4,7H,5-6,8-9H2,1-2H3,(H,20,21). The van der Waals surface area contributed by atoms with E-state index in [-0.39, 0.29) is 37.9 Å². The van der Waals surface area contributed by atoms with E-state index in [0.29, 0.717) is 11.4 Å². The van der Waals surface area contributed by atoms with Gasteiger partial charge in [-0.05, 0) is 24.6 Å². The summed E-state index contributed by atoms with van der Waals surface area (Å²) in [5, 5.41) is 8.68. The number of carbonyl (C=O) groups excluding carboxylic acids is 2. The smallest absolute Gasteiger partial charge is 0.323 e. The number of rotatable bonds is 5. The van der Waals surface area contributed by atoms with E-state index in [1.54, 1.807) is 6.07 Å². The number of anilines is 1. The lowest BCUT2D eigenvalue weighted by Gasteiger charge is -2.30. The first-order chi connectivity index (χ1) is 10.4. The predicted molar refractivity (Wildman–Crippen MR) is 78.9 cm³/mol. The first-order valence-corrected chi connectivity index (χ1v) is 6.88. The highest BCUT2D eigenvalue weighted by atomic mass is 16.5. The molecule has 1 N–H and O–H groups in total. The Balaban J connectivity index is 2.07. The van der Waals surface area contributed by atoms with E-state index in [0.717, 1.165) is 10.5 Å². The zero-order chi connectivity index (χ0) is 16.3. The fraction of sp³-hybridized carbons (Fsp3) is 0.400. The summed E-state index contributed by atoms with van der Waals surface area (Å²) in [5.41, 5.74) is 1.63. The number of benzene rings is 1. The van der Waals surface area contributed by atoms with Crippen molar-refractivity contribution >= 4 is 23.5 Å². The number of aryl methyl sites for hydroxylation is 1.